The first-order valence-corrected chi connectivity index (χ1v) is 11.4. The van der Waals surface area contributed by atoms with E-state index in [1.54, 1.807) is 12.1 Å². The van der Waals surface area contributed by atoms with E-state index in [1.165, 1.54) is 5.56 Å². The van der Waals surface area contributed by atoms with Gasteiger partial charge >= 0.3 is 0 Å². The van der Waals surface area contributed by atoms with E-state index in [2.05, 4.69) is 5.32 Å². The normalized spacial score (nSPS) is 10.9. The first kappa shape index (κ1) is 24.0. The van der Waals surface area contributed by atoms with Crippen LogP contribution in [0.1, 0.15) is 23.6 Å². The van der Waals surface area contributed by atoms with Crippen LogP contribution in [0, 0.1) is 0 Å². The van der Waals surface area contributed by atoms with Crippen LogP contribution in [0.15, 0.2) is 54.6 Å². The minimum Gasteiger partial charge on any atom is -0.490 e. The molecule has 3 aromatic carbocycles. The molecule has 0 heterocycles. The van der Waals surface area contributed by atoms with Crippen molar-refractivity contribution in [3.05, 3.63) is 91.4 Å². The summed E-state index contributed by atoms with van der Waals surface area (Å²) in [5, 5.41) is 5.79. The molecule has 0 aliphatic heterocycles. The molecule has 0 aliphatic rings. The molecule has 0 spiro atoms. The van der Waals surface area contributed by atoms with Crippen LogP contribution in [0.3, 0.4) is 0 Å². The van der Waals surface area contributed by atoms with Crippen LogP contribution < -0.4 is 14.8 Å². The third-order valence-corrected chi connectivity index (χ3v) is 5.71. The summed E-state index contributed by atoms with van der Waals surface area (Å²) >= 11 is 24.7. The molecule has 0 amide bonds. The van der Waals surface area contributed by atoms with Gasteiger partial charge in [-0.05, 0) is 67.4 Å². The summed E-state index contributed by atoms with van der Waals surface area (Å²) in [4.78, 5) is 0. The van der Waals surface area contributed by atoms with Gasteiger partial charge < -0.3 is 14.8 Å². The van der Waals surface area contributed by atoms with Gasteiger partial charge in [0.15, 0.2) is 11.5 Å². The Morgan fingerprint density at radius 3 is 2.23 bits per heavy atom. The lowest BCUT2D eigenvalue weighted by Crippen LogP contribution is -2.16. The molecule has 0 aromatic heterocycles. The van der Waals surface area contributed by atoms with Crippen molar-refractivity contribution in [2.75, 3.05) is 13.2 Å². The monoisotopic (exact) mass is 497 g/mol. The molecule has 164 valence electrons. The highest BCUT2D eigenvalue weighted by Crippen LogP contribution is 2.37. The summed E-state index contributed by atoms with van der Waals surface area (Å²) in [5.41, 5.74) is 3.06. The second kappa shape index (κ2) is 11.8. The molecule has 0 saturated carbocycles. The number of rotatable bonds is 10. The van der Waals surface area contributed by atoms with Gasteiger partial charge in [-0.2, -0.15) is 0 Å². The minimum absolute atomic E-state index is 0.258. The number of nitrogens with one attached hydrogen (secondary N) is 1. The van der Waals surface area contributed by atoms with E-state index >= 15 is 0 Å². The van der Waals surface area contributed by atoms with Gasteiger partial charge in [0.05, 0.1) is 11.6 Å². The largest absolute Gasteiger partial charge is 0.490 e. The Balaban J connectivity index is 1.62. The van der Waals surface area contributed by atoms with Crippen molar-refractivity contribution in [2.45, 2.75) is 26.5 Å². The Kier molecular flexibility index (Phi) is 9.18. The Morgan fingerprint density at radius 1 is 0.774 bits per heavy atom. The summed E-state index contributed by atoms with van der Waals surface area (Å²) in [7, 11) is 0. The van der Waals surface area contributed by atoms with E-state index in [-0.39, 0.29) is 6.61 Å². The minimum atomic E-state index is 0.258. The second-order valence-corrected chi connectivity index (χ2v) is 8.60. The zero-order valence-electron chi connectivity index (χ0n) is 17.1. The van der Waals surface area contributed by atoms with Gasteiger partial charge in [0.25, 0.3) is 0 Å². The molecule has 0 saturated heterocycles. The maximum absolute atomic E-state index is 6.53. The molecular weight excluding hydrogens is 476 g/mol. The molecule has 0 unspecified atom stereocenters. The fraction of sp³-hybridized carbons (Fsp3) is 0.250. The van der Waals surface area contributed by atoms with E-state index in [4.69, 9.17) is 55.9 Å². The summed E-state index contributed by atoms with van der Waals surface area (Å²) in [6.07, 6.45) is 0.909. The quantitative estimate of drug-likeness (QED) is 0.292. The molecule has 31 heavy (non-hydrogen) atoms. The van der Waals surface area contributed by atoms with E-state index in [0.717, 1.165) is 29.1 Å². The van der Waals surface area contributed by atoms with E-state index in [9.17, 15) is 0 Å². The maximum atomic E-state index is 6.53. The van der Waals surface area contributed by atoms with Crippen LogP contribution in [0.25, 0.3) is 0 Å². The standard InChI is InChI=1S/C24H23Cl4NO2/c1-2-30-23-12-17(14-29-10-9-16-3-6-19(25)7-4-16)11-22(28)24(23)31-15-18-5-8-20(26)13-21(18)27/h3-8,11-13,29H,2,9-10,14-15H2,1H3. The predicted molar refractivity (Wildman–Crippen MR) is 130 cm³/mol. The first-order valence-electron chi connectivity index (χ1n) is 9.93. The molecule has 3 aromatic rings. The summed E-state index contributed by atoms with van der Waals surface area (Å²) < 4.78 is 11.7. The van der Waals surface area contributed by atoms with Gasteiger partial charge in [0, 0.05) is 27.2 Å². The van der Waals surface area contributed by atoms with Gasteiger partial charge in [-0.1, -0.05) is 64.6 Å². The Bertz CT molecular complexity index is 1010. The van der Waals surface area contributed by atoms with Crippen LogP contribution in [0.2, 0.25) is 20.1 Å². The molecule has 7 heteroatoms. The first-order chi connectivity index (χ1) is 15.0. The van der Waals surface area contributed by atoms with Gasteiger partial charge in [-0.25, -0.2) is 0 Å². The number of hydrogen-bond acceptors (Lipinski definition) is 3. The second-order valence-electron chi connectivity index (χ2n) is 6.92. The van der Waals surface area contributed by atoms with Crippen molar-refractivity contribution in [1.82, 2.24) is 5.32 Å². The highest BCUT2D eigenvalue weighted by Gasteiger charge is 2.14. The highest BCUT2D eigenvalue weighted by molar-refractivity contribution is 6.35. The van der Waals surface area contributed by atoms with Crippen LogP contribution in [-0.2, 0) is 19.6 Å². The Labute approximate surface area is 203 Å². The van der Waals surface area contributed by atoms with Crippen molar-refractivity contribution in [2.24, 2.45) is 0 Å². The van der Waals surface area contributed by atoms with Crippen molar-refractivity contribution >= 4 is 46.4 Å². The smallest absolute Gasteiger partial charge is 0.180 e. The maximum Gasteiger partial charge on any atom is 0.180 e. The molecule has 0 atom stereocenters. The lowest BCUT2D eigenvalue weighted by Gasteiger charge is -2.16. The van der Waals surface area contributed by atoms with E-state index < -0.39 is 0 Å². The zero-order valence-corrected chi connectivity index (χ0v) is 20.1. The molecule has 3 rings (SSSR count). The fourth-order valence-electron chi connectivity index (χ4n) is 3.03. The Hall–Kier alpha value is -1.62. The topological polar surface area (TPSA) is 30.5 Å². The Morgan fingerprint density at radius 2 is 1.52 bits per heavy atom. The molecule has 0 radical (unpaired) electrons. The summed E-state index contributed by atoms with van der Waals surface area (Å²) in [6, 6.07) is 17.0. The predicted octanol–water partition coefficient (Wildman–Crippen LogP) is 7.61. The highest BCUT2D eigenvalue weighted by atomic mass is 35.5. The summed E-state index contributed by atoms with van der Waals surface area (Å²) in [6.45, 7) is 4.17. The van der Waals surface area contributed by atoms with Crippen molar-refractivity contribution in [1.29, 1.82) is 0 Å². The van der Waals surface area contributed by atoms with Gasteiger partial charge in [-0.3, -0.25) is 0 Å². The van der Waals surface area contributed by atoms with E-state index in [1.807, 2.05) is 49.4 Å². The number of hydrogen-bond donors (Lipinski definition) is 1. The third kappa shape index (κ3) is 7.20. The van der Waals surface area contributed by atoms with Crippen LogP contribution >= 0.6 is 46.4 Å². The lowest BCUT2D eigenvalue weighted by molar-refractivity contribution is 0.269. The van der Waals surface area contributed by atoms with Gasteiger partial charge in [0.1, 0.15) is 6.61 Å². The molecule has 0 bridgehead atoms. The number of ether oxygens (including phenoxy) is 2. The summed E-state index contributed by atoms with van der Waals surface area (Å²) in [5.74, 6) is 1.11. The third-order valence-electron chi connectivity index (χ3n) is 4.59. The van der Waals surface area contributed by atoms with Crippen molar-refractivity contribution in [3.8, 4) is 11.5 Å². The van der Waals surface area contributed by atoms with Crippen molar-refractivity contribution in [3.63, 3.8) is 0 Å². The average molecular weight is 499 g/mol. The molecule has 3 nitrogen and oxygen atoms in total. The number of halogens is 4. The molecule has 1 N–H and O–H groups in total. The fourth-order valence-corrected chi connectivity index (χ4v) is 3.91. The van der Waals surface area contributed by atoms with E-state index in [0.29, 0.717) is 39.7 Å². The zero-order chi connectivity index (χ0) is 22.2. The molecule has 0 fully saturated rings. The SMILES string of the molecule is CCOc1cc(CNCCc2ccc(Cl)cc2)cc(Cl)c1OCc1ccc(Cl)cc1Cl. The van der Waals surface area contributed by atoms with Gasteiger partial charge in [-0.15, -0.1) is 0 Å². The lowest BCUT2D eigenvalue weighted by atomic mass is 10.1. The molecular formula is C24H23Cl4NO2. The van der Waals surface area contributed by atoms with Crippen molar-refractivity contribution < 1.29 is 9.47 Å². The molecule has 0 aliphatic carbocycles. The average Bonchev–Trinajstić information content (AvgIpc) is 2.73. The van der Waals surface area contributed by atoms with Crippen LogP contribution in [-0.4, -0.2) is 13.2 Å². The van der Waals surface area contributed by atoms with Crippen LogP contribution in [0.4, 0.5) is 0 Å². The van der Waals surface area contributed by atoms with Crippen LogP contribution in [0.5, 0.6) is 11.5 Å². The van der Waals surface area contributed by atoms with Gasteiger partial charge in [0.2, 0.25) is 0 Å². The number of benzene rings is 3.